The minimum atomic E-state index is -1.01. The Balaban J connectivity index is 2.35. The first kappa shape index (κ1) is 7.90. The molecule has 0 spiro atoms. The number of hydrogen-bond donors (Lipinski definition) is 0. The molecule has 0 N–H and O–H groups in total. The van der Waals surface area contributed by atoms with Crippen LogP contribution in [0.5, 0.6) is 5.75 Å². The molecular weight excluding hydrogens is 176 g/mol. The van der Waals surface area contributed by atoms with E-state index < -0.39 is 5.25 Å². The van der Waals surface area contributed by atoms with Crippen LogP contribution >= 0.6 is 11.6 Å². The Morgan fingerprint density at radius 2 is 2.17 bits per heavy atom. The Kier molecular flexibility index (Phi) is 1.74. The van der Waals surface area contributed by atoms with Gasteiger partial charge in [0, 0.05) is 12.5 Å². The average Bonchev–Trinajstić information content (AvgIpc) is 2.02. The third kappa shape index (κ3) is 1.40. The molecule has 0 bridgehead atoms. The van der Waals surface area contributed by atoms with Gasteiger partial charge in [0.1, 0.15) is 5.75 Å². The largest absolute Gasteiger partial charge is 0.448 e. The zero-order valence-corrected chi connectivity index (χ0v) is 7.47. The van der Waals surface area contributed by atoms with Gasteiger partial charge in [-0.1, -0.05) is 18.2 Å². The number of fused-ring (bicyclic) bond motifs is 1. The monoisotopic (exact) mass is 184 g/mol. The number of alkyl halides is 1. The molecule has 1 unspecified atom stereocenters. The van der Waals surface area contributed by atoms with Crippen molar-refractivity contribution in [1.29, 1.82) is 0 Å². The standard InChI is InChI=1S/C9H9ClO2/c1-9(10)11-6-7-4-2-3-5-8(7)12-9/h2-5H,6H2,1H3. The summed E-state index contributed by atoms with van der Waals surface area (Å²) in [6, 6.07) is 7.71. The molecule has 0 amide bonds. The van der Waals surface area contributed by atoms with Crippen molar-refractivity contribution < 1.29 is 9.47 Å². The van der Waals surface area contributed by atoms with Gasteiger partial charge < -0.3 is 9.47 Å². The van der Waals surface area contributed by atoms with E-state index in [2.05, 4.69) is 0 Å². The van der Waals surface area contributed by atoms with Crippen LogP contribution in [0, 0.1) is 0 Å². The van der Waals surface area contributed by atoms with Gasteiger partial charge in [-0.2, -0.15) is 0 Å². The number of rotatable bonds is 0. The van der Waals surface area contributed by atoms with Gasteiger partial charge in [-0.15, -0.1) is 0 Å². The highest BCUT2D eigenvalue weighted by molar-refractivity contribution is 6.21. The second-order valence-corrected chi connectivity index (χ2v) is 3.52. The van der Waals surface area contributed by atoms with Gasteiger partial charge in [0.15, 0.2) is 0 Å². The average molecular weight is 185 g/mol. The second-order valence-electron chi connectivity index (χ2n) is 2.83. The maximum Gasteiger partial charge on any atom is 0.287 e. The normalized spacial score (nSPS) is 27.5. The fourth-order valence-electron chi connectivity index (χ4n) is 1.16. The van der Waals surface area contributed by atoms with Crippen molar-refractivity contribution in [2.45, 2.75) is 18.8 Å². The zero-order valence-electron chi connectivity index (χ0n) is 6.71. The molecule has 0 saturated carbocycles. The molecule has 0 saturated heterocycles. The number of hydrogen-bond acceptors (Lipinski definition) is 2. The quantitative estimate of drug-likeness (QED) is 0.577. The Hall–Kier alpha value is -0.730. The second kappa shape index (κ2) is 2.64. The lowest BCUT2D eigenvalue weighted by Gasteiger charge is -2.29. The molecule has 1 atom stereocenters. The van der Waals surface area contributed by atoms with Crippen LogP contribution in [0.2, 0.25) is 0 Å². The number of ether oxygens (including phenoxy) is 2. The highest BCUT2D eigenvalue weighted by atomic mass is 35.5. The Bertz CT molecular complexity index is 296. The summed E-state index contributed by atoms with van der Waals surface area (Å²) in [5.41, 5.74) is 1.04. The van der Waals surface area contributed by atoms with Crippen LogP contribution < -0.4 is 4.74 Å². The predicted molar refractivity (Wildman–Crippen MR) is 46.1 cm³/mol. The predicted octanol–water partition coefficient (Wildman–Crippen LogP) is 2.51. The van der Waals surface area contributed by atoms with Gasteiger partial charge in [-0.05, 0) is 17.7 Å². The lowest BCUT2D eigenvalue weighted by molar-refractivity contribution is -0.131. The van der Waals surface area contributed by atoms with Crippen molar-refractivity contribution >= 4 is 11.6 Å². The lowest BCUT2D eigenvalue weighted by atomic mass is 10.2. The van der Waals surface area contributed by atoms with Crippen LogP contribution in [0.3, 0.4) is 0 Å². The molecule has 64 valence electrons. The van der Waals surface area contributed by atoms with E-state index in [0.29, 0.717) is 6.61 Å². The van der Waals surface area contributed by atoms with Gasteiger partial charge in [0.05, 0.1) is 6.61 Å². The molecule has 1 aliphatic heterocycles. The number of para-hydroxylation sites is 1. The summed E-state index contributed by atoms with van der Waals surface area (Å²) in [4.78, 5) is 0. The van der Waals surface area contributed by atoms with Gasteiger partial charge in [-0.3, -0.25) is 0 Å². The molecule has 12 heavy (non-hydrogen) atoms. The first-order valence-corrected chi connectivity index (χ1v) is 4.15. The number of benzene rings is 1. The van der Waals surface area contributed by atoms with Crippen molar-refractivity contribution in [3.8, 4) is 5.75 Å². The summed E-state index contributed by atoms with van der Waals surface area (Å²) in [5.74, 6) is 0.807. The molecule has 1 aromatic carbocycles. The molecule has 1 aliphatic rings. The van der Waals surface area contributed by atoms with Crippen molar-refractivity contribution in [2.24, 2.45) is 0 Å². The van der Waals surface area contributed by atoms with Crippen LogP contribution in [0.1, 0.15) is 12.5 Å². The van der Waals surface area contributed by atoms with Crippen molar-refractivity contribution in [3.63, 3.8) is 0 Å². The third-order valence-electron chi connectivity index (χ3n) is 1.75. The smallest absolute Gasteiger partial charge is 0.287 e. The molecule has 3 heteroatoms. The van der Waals surface area contributed by atoms with Crippen LogP contribution in [-0.4, -0.2) is 5.25 Å². The van der Waals surface area contributed by atoms with E-state index in [0.717, 1.165) is 11.3 Å². The highest BCUT2D eigenvalue weighted by Gasteiger charge is 2.29. The van der Waals surface area contributed by atoms with Gasteiger partial charge in [-0.25, -0.2) is 0 Å². The fraction of sp³-hybridized carbons (Fsp3) is 0.333. The molecule has 0 aromatic heterocycles. The number of halogens is 1. The Labute approximate surface area is 76.1 Å². The van der Waals surface area contributed by atoms with E-state index in [9.17, 15) is 0 Å². The van der Waals surface area contributed by atoms with E-state index >= 15 is 0 Å². The van der Waals surface area contributed by atoms with Crippen LogP contribution in [-0.2, 0) is 11.3 Å². The highest BCUT2D eigenvalue weighted by Crippen LogP contribution is 2.32. The summed E-state index contributed by atoms with van der Waals surface area (Å²) >= 11 is 5.86. The maximum absolute atomic E-state index is 5.86. The van der Waals surface area contributed by atoms with Crippen LogP contribution in [0.15, 0.2) is 24.3 Å². The van der Waals surface area contributed by atoms with E-state index in [1.165, 1.54) is 0 Å². The summed E-state index contributed by atoms with van der Waals surface area (Å²) in [6.45, 7) is 2.20. The van der Waals surface area contributed by atoms with Gasteiger partial charge in [0.25, 0.3) is 5.25 Å². The Morgan fingerprint density at radius 1 is 1.42 bits per heavy atom. The molecule has 2 rings (SSSR count). The maximum atomic E-state index is 5.86. The SMILES string of the molecule is CC1(Cl)OCc2ccccc2O1. The molecule has 0 radical (unpaired) electrons. The first-order valence-electron chi connectivity index (χ1n) is 3.77. The van der Waals surface area contributed by atoms with Gasteiger partial charge >= 0.3 is 0 Å². The Morgan fingerprint density at radius 3 is 3.00 bits per heavy atom. The van der Waals surface area contributed by atoms with E-state index in [1.54, 1.807) is 6.92 Å². The summed E-state index contributed by atoms with van der Waals surface area (Å²) in [6.07, 6.45) is 0. The first-order chi connectivity index (χ1) is 5.67. The summed E-state index contributed by atoms with van der Waals surface area (Å²) in [7, 11) is 0. The fourth-order valence-corrected chi connectivity index (χ4v) is 1.29. The van der Waals surface area contributed by atoms with E-state index in [4.69, 9.17) is 21.1 Å². The zero-order chi connectivity index (χ0) is 8.60. The molecule has 0 fully saturated rings. The third-order valence-corrected chi connectivity index (χ3v) is 1.94. The lowest BCUT2D eigenvalue weighted by Crippen LogP contribution is -2.32. The topological polar surface area (TPSA) is 18.5 Å². The van der Waals surface area contributed by atoms with Crippen molar-refractivity contribution in [3.05, 3.63) is 29.8 Å². The van der Waals surface area contributed by atoms with Gasteiger partial charge in [0.2, 0.25) is 0 Å². The van der Waals surface area contributed by atoms with Crippen LogP contribution in [0.4, 0.5) is 0 Å². The van der Waals surface area contributed by atoms with E-state index in [-0.39, 0.29) is 0 Å². The minimum Gasteiger partial charge on any atom is -0.448 e. The molecule has 0 aliphatic carbocycles. The summed E-state index contributed by atoms with van der Waals surface area (Å²) < 4.78 is 10.6. The van der Waals surface area contributed by atoms with Crippen molar-refractivity contribution in [2.75, 3.05) is 0 Å². The van der Waals surface area contributed by atoms with E-state index in [1.807, 2.05) is 24.3 Å². The van der Waals surface area contributed by atoms with Crippen molar-refractivity contribution in [1.82, 2.24) is 0 Å². The molecule has 1 heterocycles. The van der Waals surface area contributed by atoms with Crippen LogP contribution in [0.25, 0.3) is 0 Å². The summed E-state index contributed by atoms with van der Waals surface area (Å²) in [5, 5.41) is -1.01. The molecule has 1 aromatic rings. The minimum absolute atomic E-state index is 0.510. The molecular formula is C9H9ClO2. The molecule has 2 nitrogen and oxygen atoms in total.